The van der Waals surface area contributed by atoms with Gasteiger partial charge in [0.15, 0.2) is 0 Å². The van der Waals surface area contributed by atoms with Crippen molar-refractivity contribution >= 4 is 11.6 Å². The molecule has 0 aliphatic heterocycles. The average molecular weight is 389 g/mol. The Morgan fingerprint density at radius 2 is 1.96 bits per heavy atom. The van der Waals surface area contributed by atoms with Gasteiger partial charge >= 0.3 is 6.18 Å². The van der Waals surface area contributed by atoms with Gasteiger partial charge in [-0.2, -0.15) is 18.3 Å². The van der Waals surface area contributed by atoms with Crippen LogP contribution in [-0.4, -0.2) is 23.1 Å². The Kier molecular flexibility index (Phi) is 6.61. The number of alkyl halides is 3. The first-order valence-electron chi connectivity index (χ1n) is 8.72. The molecule has 1 aromatic carbocycles. The van der Waals surface area contributed by atoms with E-state index in [2.05, 4.69) is 5.10 Å². The molecule has 26 heavy (non-hydrogen) atoms. The highest BCUT2D eigenvalue weighted by Gasteiger charge is 2.35. The van der Waals surface area contributed by atoms with Gasteiger partial charge in [-0.3, -0.25) is 4.68 Å². The SMILES string of the molecule is CCCn1nc(CC)c(Cl)c1-c1ccc(CC(C)C(F)(F)F)cc1OC. The highest BCUT2D eigenvalue weighted by atomic mass is 35.5. The van der Waals surface area contributed by atoms with Crippen molar-refractivity contribution in [3.05, 3.63) is 34.5 Å². The second-order valence-electron chi connectivity index (χ2n) is 6.37. The number of ether oxygens (including phenoxy) is 1. The fourth-order valence-electron chi connectivity index (χ4n) is 2.87. The van der Waals surface area contributed by atoms with Gasteiger partial charge in [0.2, 0.25) is 0 Å². The van der Waals surface area contributed by atoms with Crippen LogP contribution in [0.5, 0.6) is 5.75 Å². The average Bonchev–Trinajstić information content (AvgIpc) is 2.89. The van der Waals surface area contributed by atoms with Crippen molar-refractivity contribution in [2.75, 3.05) is 7.11 Å². The van der Waals surface area contributed by atoms with Crippen LogP contribution in [0, 0.1) is 5.92 Å². The fraction of sp³-hybridized carbons (Fsp3) is 0.526. The smallest absolute Gasteiger partial charge is 0.391 e. The van der Waals surface area contributed by atoms with E-state index in [4.69, 9.17) is 16.3 Å². The molecule has 0 radical (unpaired) electrons. The Morgan fingerprint density at radius 3 is 2.50 bits per heavy atom. The van der Waals surface area contributed by atoms with Gasteiger partial charge in [0.1, 0.15) is 5.75 Å². The maximum absolute atomic E-state index is 12.8. The topological polar surface area (TPSA) is 27.1 Å². The summed E-state index contributed by atoms with van der Waals surface area (Å²) >= 11 is 6.53. The molecule has 2 rings (SSSR count). The molecule has 0 saturated heterocycles. The summed E-state index contributed by atoms with van der Waals surface area (Å²) in [6.07, 6.45) is -2.73. The Hall–Kier alpha value is -1.69. The third-order valence-electron chi connectivity index (χ3n) is 4.35. The van der Waals surface area contributed by atoms with Gasteiger partial charge in [0.05, 0.1) is 29.4 Å². The van der Waals surface area contributed by atoms with Gasteiger partial charge in [-0.05, 0) is 37.0 Å². The molecule has 0 spiro atoms. The van der Waals surface area contributed by atoms with Crippen LogP contribution in [0.4, 0.5) is 13.2 Å². The lowest BCUT2D eigenvalue weighted by molar-refractivity contribution is -0.169. The third kappa shape index (κ3) is 4.34. The zero-order chi connectivity index (χ0) is 19.5. The molecular weight excluding hydrogens is 365 g/mol. The first-order valence-corrected chi connectivity index (χ1v) is 9.09. The second-order valence-corrected chi connectivity index (χ2v) is 6.75. The van der Waals surface area contributed by atoms with Crippen LogP contribution in [0.2, 0.25) is 5.02 Å². The molecule has 144 valence electrons. The molecule has 1 atom stereocenters. The Bertz CT molecular complexity index is 756. The molecular formula is C19H24ClF3N2O. The van der Waals surface area contributed by atoms with Crippen molar-refractivity contribution in [3.63, 3.8) is 0 Å². The molecule has 2 aromatic rings. The van der Waals surface area contributed by atoms with Crippen LogP contribution >= 0.6 is 11.6 Å². The van der Waals surface area contributed by atoms with E-state index in [-0.39, 0.29) is 6.42 Å². The summed E-state index contributed by atoms with van der Waals surface area (Å²) in [6.45, 7) is 5.91. The van der Waals surface area contributed by atoms with E-state index in [0.717, 1.165) is 23.4 Å². The maximum atomic E-state index is 12.8. The first kappa shape index (κ1) is 20.6. The second kappa shape index (κ2) is 8.33. The van der Waals surface area contributed by atoms with E-state index in [1.54, 1.807) is 18.2 Å². The number of hydrogen-bond acceptors (Lipinski definition) is 2. The maximum Gasteiger partial charge on any atom is 0.391 e. The van der Waals surface area contributed by atoms with Crippen molar-refractivity contribution in [2.45, 2.75) is 52.8 Å². The number of methoxy groups -OCH3 is 1. The molecule has 0 bridgehead atoms. The molecule has 1 aromatic heterocycles. The molecule has 0 aliphatic rings. The van der Waals surface area contributed by atoms with E-state index in [9.17, 15) is 13.2 Å². The number of hydrogen-bond donors (Lipinski definition) is 0. The van der Waals surface area contributed by atoms with Gasteiger partial charge in [-0.1, -0.05) is 38.4 Å². The zero-order valence-electron chi connectivity index (χ0n) is 15.5. The lowest BCUT2D eigenvalue weighted by atomic mass is 9.98. The molecule has 0 amide bonds. The Labute approximate surface area is 157 Å². The third-order valence-corrected chi connectivity index (χ3v) is 4.75. The zero-order valence-corrected chi connectivity index (χ0v) is 16.2. The van der Waals surface area contributed by atoms with Gasteiger partial charge in [0, 0.05) is 12.1 Å². The molecule has 1 heterocycles. The molecule has 0 fully saturated rings. The number of nitrogens with zero attached hydrogens (tertiary/aromatic N) is 2. The van der Waals surface area contributed by atoms with Crippen molar-refractivity contribution in [1.29, 1.82) is 0 Å². The minimum atomic E-state index is -4.22. The number of halogens is 4. The molecule has 0 aliphatic carbocycles. The molecule has 0 N–H and O–H groups in total. The first-order chi connectivity index (χ1) is 12.2. The Morgan fingerprint density at radius 1 is 1.27 bits per heavy atom. The van der Waals surface area contributed by atoms with Crippen LogP contribution in [0.3, 0.4) is 0 Å². The molecule has 1 unspecified atom stereocenters. The van der Waals surface area contributed by atoms with E-state index >= 15 is 0 Å². The predicted molar refractivity (Wildman–Crippen MR) is 97.8 cm³/mol. The molecule has 7 heteroatoms. The van der Waals surface area contributed by atoms with Crippen LogP contribution in [-0.2, 0) is 19.4 Å². The number of benzene rings is 1. The van der Waals surface area contributed by atoms with Gasteiger partial charge in [0.25, 0.3) is 0 Å². The van der Waals surface area contributed by atoms with Crippen molar-refractivity contribution in [1.82, 2.24) is 9.78 Å². The highest BCUT2D eigenvalue weighted by molar-refractivity contribution is 6.33. The summed E-state index contributed by atoms with van der Waals surface area (Å²) in [5, 5.41) is 5.12. The number of rotatable bonds is 7. The summed E-state index contributed by atoms with van der Waals surface area (Å²) in [6, 6.07) is 5.12. The number of aromatic nitrogens is 2. The van der Waals surface area contributed by atoms with Crippen molar-refractivity contribution in [2.24, 2.45) is 5.92 Å². The monoisotopic (exact) mass is 388 g/mol. The Balaban J connectivity index is 2.47. The van der Waals surface area contributed by atoms with Crippen LogP contribution in [0.15, 0.2) is 18.2 Å². The van der Waals surface area contributed by atoms with E-state index in [1.807, 2.05) is 18.5 Å². The number of aryl methyl sites for hydroxylation is 2. The standard InChI is InChI=1S/C19H24ClF3N2O/c1-5-9-25-18(17(20)15(6-2)24-25)14-8-7-13(11-16(14)26-4)10-12(3)19(21,22)23/h7-8,11-12H,5-6,9-10H2,1-4H3. The van der Waals surface area contributed by atoms with Crippen molar-refractivity contribution < 1.29 is 17.9 Å². The summed E-state index contributed by atoms with van der Waals surface area (Å²) in [5.41, 5.74) is 2.86. The minimum Gasteiger partial charge on any atom is -0.496 e. The fourth-order valence-corrected chi connectivity index (χ4v) is 3.24. The van der Waals surface area contributed by atoms with E-state index in [1.165, 1.54) is 14.0 Å². The summed E-state index contributed by atoms with van der Waals surface area (Å²) < 4.78 is 45.8. The van der Waals surface area contributed by atoms with E-state index < -0.39 is 12.1 Å². The minimum absolute atomic E-state index is 0.0949. The summed E-state index contributed by atoms with van der Waals surface area (Å²) in [7, 11) is 1.50. The van der Waals surface area contributed by atoms with Crippen LogP contribution in [0.25, 0.3) is 11.3 Å². The predicted octanol–water partition coefficient (Wildman–Crippen LogP) is 5.93. The largest absolute Gasteiger partial charge is 0.496 e. The lowest BCUT2D eigenvalue weighted by Crippen LogP contribution is -2.21. The van der Waals surface area contributed by atoms with Crippen molar-refractivity contribution in [3.8, 4) is 17.0 Å². The summed E-state index contributed by atoms with van der Waals surface area (Å²) in [4.78, 5) is 0. The quantitative estimate of drug-likeness (QED) is 0.588. The lowest BCUT2D eigenvalue weighted by Gasteiger charge is -2.17. The summed E-state index contributed by atoms with van der Waals surface area (Å²) in [5.74, 6) is -0.919. The van der Waals surface area contributed by atoms with Gasteiger partial charge in [-0.25, -0.2) is 0 Å². The highest BCUT2D eigenvalue weighted by Crippen LogP contribution is 2.38. The van der Waals surface area contributed by atoms with Gasteiger partial charge in [-0.15, -0.1) is 0 Å². The molecule has 0 saturated carbocycles. The normalized spacial score (nSPS) is 13.1. The van der Waals surface area contributed by atoms with Gasteiger partial charge < -0.3 is 4.74 Å². The van der Waals surface area contributed by atoms with E-state index in [0.29, 0.717) is 29.3 Å². The molecule has 3 nitrogen and oxygen atoms in total. The van der Waals surface area contributed by atoms with Crippen LogP contribution < -0.4 is 4.74 Å². The van der Waals surface area contributed by atoms with Crippen LogP contribution in [0.1, 0.15) is 38.4 Å².